The molecule has 1 aliphatic carbocycles. The molecule has 0 saturated heterocycles. The van der Waals surface area contributed by atoms with Gasteiger partial charge in [-0.25, -0.2) is 4.58 Å². The number of hydrogen-bond donors (Lipinski definition) is 0. The fourth-order valence-corrected chi connectivity index (χ4v) is 5.76. The van der Waals surface area contributed by atoms with Crippen LogP contribution in [0.15, 0.2) is 36.4 Å². The van der Waals surface area contributed by atoms with Crippen molar-refractivity contribution < 1.29 is 13.6 Å². The number of fused-ring (bicyclic) bond motifs is 2. The molecule has 1 aromatic carbocycles. The van der Waals surface area contributed by atoms with E-state index in [1.54, 1.807) is 11.3 Å². The van der Waals surface area contributed by atoms with E-state index in [9.17, 15) is 4.57 Å². The second-order valence-electron chi connectivity index (χ2n) is 6.46. The van der Waals surface area contributed by atoms with Gasteiger partial charge >= 0.3 is 7.60 Å². The molecular formula is C19H24N2O3PS+. The Bertz CT molecular complexity index is 1050. The van der Waals surface area contributed by atoms with Gasteiger partial charge in [0.2, 0.25) is 5.36 Å². The minimum Gasteiger partial charge on any atom is -0.378 e. The SMILES string of the molecule is COP(=O)(OC)c1c2ccc(=[N+](C)C)cc-2sc2cc(N(C)C)ccc12. The van der Waals surface area contributed by atoms with Crippen molar-refractivity contribution in [3.05, 3.63) is 41.8 Å². The van der Waals surface area contributed by atoms with Crippen LogP contribution in [0.25, 0.3) is 20.5 Å². The van der Waals surface area contributed by atoms with Crippen LogP contribution in [0, 0.1) is 0 Å². The predicted octanol–water partition coefficient (Wildman–Crippen LogP) is 3.22. The van der Waals surface area contributed by atoms with Crippen molar-refractivity contribution in [2.45, 2.75) is 0 Å². The van der Waals surface area contributed by atoms with Crippen LogP contribution in [0.2, 0.25) is 0 Å². The maximum atomic E-state index is 13.4. The van der Waals surface area contributed by atoms with Gasteiger partial charge in [0.05, 0.1) is 5.30 Å². The summed E-state index contributed by atoms with van der Waals surface area (Å²) in [5.41, 5.74) is 1.99. The molecule has 0 fully saturated rings. The van der Waals surface area contributed by atoms with Gasteiger partial charge in [-0.3, -0.25) is 4.57 Å². The molecule has 0 amide bonds. The van der Waals surface area contributed by atoms with Crippen molar-refractivity contribution in [2.24, 2.45) is 0 Å². The van der Waals surface area contributed by atoms with Crippen molar-refractivity contribution >= 4 is 40.0 Å². The molecule has 0 unspecified atom stereocenters. The van der Waals surface area contributed by atoms with Crippen molar-refractivity contribution in [2.75, 3.05) is 47.3 Å². The Hall–Kier alpha value is -1.72. The smallest absolute Gasteiger partial charge is 0.362 e. The van der Waals surface area contributed by atoms with Gasteiger partial charge in [0.15, 0.2) is 0 Å². The molecule has 138 valence electrons. The zero-order valence-electron chi connectivity index (χ0n) is 15.9. The summed E-state index contributed by atoms with van der Waals surface area (Å²) < 4.78 is 27.2. The van der Waals surface area contributed by atoms with Crippen LogP contribution < -0.4 is 20.1 Å². The summed E-state index contributed by atoms with van der Waals surface area (Å²) >= 11 is 1.68. The Morgan fingerprint density at radius 2 is 1.73 bits per heavy atom. The van der Waals surface area contributed by atoms with E-state index in [1.165, 1.54) is 14.2 Å². The number of rotatable bonds is 4. The molecule has 5 nitrogen and oxygen atoms in total. The summed E-state index contributed by atoms with van der Waals surface area (Å²) in [5.74, 6) is 0. The molecule has 0 spiro atoms. The van der Waals surface area contributed by atoms with Gasteiger partial charge in [-0.2, -0.15) is 0 Å². The first kappa shape index (κ1) is 19.1. The third kappa shape index (κ3) is 3.19. The first-order valence-electron chi connectivity index (χ1n) is 8.21. The van der Waals surface area contributed by atoms with E-state index in [2.05, 4.69) is 21.6 Å². The van der Waals surface area contributed by atoms with E-state index in [-0.39, 0.29) is 0 Å². The standard InChI is InChI=1S/C19H24N2O3PS/c1-20(2)13-7-9-15-17(11-13)26-18-12-14(21(3)4)8-10-16(18)19(15)25(22,23-5)24-6/h7-12H,1-6H3/q+1. The first-order valence-corrected chi connectivity index (χ1v) is 10.6. The number of anilines is 1. The second kappa shape index (κ2) is 7.12. The molecule has 2 aliphatic rings. The summed E-state index contributed by atoms with van der Waals surface area (Å²) in [7, 11) is 7.47. The van der Waals surface area contributed by atoms with Gasteiger partial charge in [-0.15, -0.1) is 11.3 Å². The van der Waals surface area contributed by atoms with Crippen molar-refractivity contribution in [3.8, 4) is 10.4 Å². The lowest BCUT2D eigenvalue weighted by Gasteiger charge is -2.21. The highest BCUT2D eigenvalue weighted by Gasteiger charge is 2.32. The molecule has 0 aromatic heterocycles. The van der Waals surface area contributed by atoms with Crippen LogP contribution in [-0.2, 0) is 13.6 Å². The quantitative estimate of drug-likeness (QED) is 0.389. The largest absolute Gasteiger partial charge is 0.378 e. The Morgan fingerprint density at radius 3 is 2.31 bits per heavy atom. The van der Waals surface area contributed by atoms with Crippen LogP contribution in [0.3, 0.4) is 0 Å². The summed E-state index contributed by atoms with van der Waals surface area (Å²) in [6.07, 6.45) is 0. The molecule has 1 aromatic rings. The Labute approximate surface area is 158 Å². The fourth-order valence-electron chi connectivity index (χ4n) is 2.95. The van der Waals surface area contributed by atoms with Crippen molar-refractivity contribution in [1.29, 1.82) is 0 Å². The molecule has 0 atom stereocenters. The number of benzene rings is 2. The van der Waals surface area contributed by atoms with E-state index in [4.69, 9.17) is 9.05 Å². The van der Waals surface area contributed by atoms with Gasteiger partial charge in [0.25, 0.3) is 0 Å². The highest BCUT2D eigenvalue weighted by Crippen LogP contribution is 2.51. The third-order valence-corrected chi connectivity index (χ3v) is 7.55. The summed E-state index contributed by atoms with van der Waals surface area (Å²) in [5, 5.41) is 2.62. The summed E-state index contributed by atoms with van der Waals surface area (Å²) in [6.45, 7) is 0. The minimum absolute atomic E-state index is 0.627. The van der Waals surface area contributed by atoms with Crippen molar-refractivity contribution in [1.82, 2.24) is 4.58 Å². The lowest BCUT2D eigenvalue weighted by atomic mass is 10.1. The molecule has 3 rings (SSSR count). The normalized spacial score (nSPS) is 11.9. The van der Waals surface area contributed by atoms with E-state index in [0.29, 0.717) is 5.30 Å². The topological polar surface area (TPSA) is 41.8 Å². The van der Waals surface area contributed by atoms with Crippen molar-refractivity contribution in [3.63, 3.8) is 0 Å². The highest BCUT2D eigenvalue weighted by molar-refractivity contribution is 7.63. The zero-order chi connectivity index (χ0) is 19.1. The van der Waals surface area contributed by atoms with Crippen LogP contribution in [0.1, 0.15) is 0 Å². The Balaban J connectivity index is 2.51. The average molecular weight is 391 g/mol. The lowest BCUT2D eigenvalue weighted by Crippen LogP contribution is -2.22. The molecule has 0 saturated carbocycles. The predicted molar refractivity (Wildman–Crippen MR) is 111 cm³/mol. The average Bonchev–Trinajstić information content (AvgIpc) is 2.64. The van der Waals surface area contributed by atoms with Crippen LogP contribution in [-0.4, -0.2) is 42.4 Å². The van der Waals surface area contributed by atoms with Crippen LogP contribution >= 0.6 is 18.9 Å². The highest BCUT2D eigenvalue weighted by atomic mass is 32.1. The number of nitrogens with zero attached hydrogens (tertiary/aromatic N) is 2. The van der Waals surface area contributed by atoms with Gasteiger partial charge in [0, 0.05) is 66.7 Å². The van der Waals surface area contributed by atoms with Gasteiger partial charge in [-0.05, 0) is 18.2 Å². The second-order valence-corrected chi connectivity index (χ2v) is 9.72. The maximum absolute atomic E-state index is 13.4. The molecule has 1 aliphatic heterocycles. The fraction of sp³-hybridized carbons (Fsp3) is 0.316. The lowest BCUT2D eigenvalue weighted by molar-refractivity contribution is 0.287. The zero-order valence-corrected chi connectivity index (χ0v) is 17.6. The number of hydrogen-bond acceptors (Lipinski definition) is 5. The maximum Gasteiger partial charge on any atom is 0.362 e. The van der Waals surface area contributed by atoms with Crippen LogP contribution in [0.5, 0.6) is 0 Å². The van der Waals surface area contributed by atoms with Crippen LogP contribution in [0.4, 0.5) is 5.69 Å². The van der Waals surface area contributed by atoms with Gasteiger partial charge < -0.3 is 13.9 Å². The van der Waals surface area contributed by atoms with E-state index in [0.717, 1.165) is 31.6 Å². The Morgan fingerprint density at radius 1 is 1.04 bits per heavy atom. The van der Waals surface area contributed by atoms with E-state index >= 15 is 0 Å². The minimum atomic E-state index is -3.42. The molecule has 1 heterocycles. The van der Waals surface area contributed by atoms with Gasteiger partial charge in [0.1, 0.15) is 14.1 Å². The molecule has 26 heavy (non-hydrogen) atoms. The summed E-state index contributed by atoms with van der Waals surface area (Å²) in [6, 6.07) is 12.3. The monoisotopic (exact) mass is 391 g/mol. The Kier molecular flexibility index (Phi) is 5.22. The van der Waals surface area contributed by atoms with E-state index in [1.807, 2.05) is 52.5 Å². The molecule has 7 heteroatoms. The first-order chi connectivity index (χ1) is 12.3. The van der Waals surface area contributed by atoms with E-state index < -0.39 is 7.60 Å². The molecule has 0 radical (unpaired) electrons. The third-order valence-electron chi connectivity index (χ3n) is 4.45. The molecule has 0 N–H and O–H groups in total. The van der Waals surface area contributed by atoms with Gasteiger partial charge in [-0.1, -0.05) is 6.07 Å². The molecule has 0 bridgehead atoms. The molecular weight excluding hydrogens is 367 g/mol. The summed E-state index contributed by atoms with van der Waals surface area (Å²) in [4.78, 5) is 3.10.